The van der Waals surface area contributed by atoms with Gasteiger partial charge < -0.3 is 40.1 Å². The van der Waals surface area contributed by atoms with Crippen LogP contribution in [0.1, 0.15) is 98.3 Å². The fraction of sp³-hybridized carbons (Fsp3) is 0.638. The van der Waals surface area contributed by atoms with Gasteiger partial charge in [-0.25, -0.2) is 4.79 Å². The Bertz CT molecular complexity index is 1760. The van der Waals surface area contributed by atoms with E-state index in [1.54, 1.807) is 63.1 Å². The third-order valence-corrected chi connectivity index (χ3v) is 12.5. The number of ether oxygens (including phenoxy) is 2. The van der Waals surface area contributed by atoms with Crippen molar-refractivity contribution >= 4 is 35.4 Å². The zero-order chi connectivity index (χ0) is 46.4. The van der Waals surface area contributed by atoms with Gasteiger partial charge >= 0.3 is 6.09 Å². The predicted octanol–water partition coefficient (Wildman–Crippen LogP) is 5.53. The lowest BCUT2D eigenvalue weighted by Crippen LogP contribution is -2.60. The van der Waals surface area contributed by atoms with Crippen molar-refractivity contribution in [3.05, 3.63) is 65.7 Å². The van der Waals surface area contributed by atoms with Crippen LogP contribution in [0.25, 0.3) is 0 Å². The summed E-state index contributed by atoms with van der Waals surface area (Å²) in [6.07, 6.45) is -1.30. The molecule has 5 amide bonds. The van der Waals surface area contributed by atoms with Gasteiger partial charge in [0.1, 0.15) is 6.04 Å². The SMILES string of the molecule is CC[C@H](C)[C@@H]([C@@H](CC(=O)N1CCC[C@H]1[C@H](OC)[C@@H](C)C(=O)N[C@H](C)[C@H](O)c1ccccc1)OC)N(C)C(=O)[C@@H](NC(=O)[C@H](C(C)C)N(C)Cc1cccc(NC(=O)O)c1)C(C)C. The Hall–Kier alpha value is -4.57. The van der Waals surface area contributed by atoms with Crippen molar-refractivity contribution in [2.75, 3.05) is 40.2 Å². The second kappa shape index (κ2) is 24.3. The van der Waals surface area contributed by atoms with Crippen molar-refractivity contribution in [2.24, 2.45) is 23.7 Å². The van der Waals surface area contributed by atoms with Crippen molar-refractivity contribution in [3.8, 4) is 0 Å². The molecule has 1 fully saturated rings. The van der Waals surface area contributed by atoms with Crippen LogP contribution < -0.4 is 16.0 Å². The molecular formula is C47H74N6O9. The van der Waals surface area contributed by atoms with Crippen LogP contribution in [0.5, 0.6) is 0 Å². The lowest BCUT2D eigenvalue weighted by atomic mass is 9.89. The topological polar surface area (TPSA) is 190 Å². The number of carbonyl (C=O) groups is 5. The number of benzene rings is 2. The highest BCUT2D eigenvalue weighted by molar-refractivity contribution is 5.90. The normalized spacial score (nSPS) is 18.6. The number of nitrogens with one attached hydrogen (secondary N) is 3. The highest BCUT2D eigenvalue weighted by atomic mass is 16.5. The molecule has 346 valence electrons. The second-order valence-electron chi connectivity index (χ2n) is 17.7. The summed E-state index contributed by atoms with van der Waals surface area (Å²) in [4.78, 5) is 73.1. The van der Waals surface area contributed by atoms with Gasteiger partial charge in [-0.05, 0) is 67.8 Å². The monoisotopic (exact) mass is 867 g/mol. The van der Waals surface area contributed by atoms with Gasteiger partial charge in [0.05, 0.1) is 54.8 Å². The minimum Gasteiger partial charge on any atom is -0.465 e. The highest BCUT2D eigenvalue weighted by Crippen LogP contribution is 2.30. The first-order chi connectivity index (χ1) is 29.3. The molecule has 0 aromatic heterocycles. The van der Waals surface area contributed by atoms with Crippen LogP contribution in [0.15, 0.2) is 54.6 Å². The molecule has 1 saturated heterocycles. The van der Waals surface area contributed by atoms with Gasteiger partial charge in [0.15, 0.2) is 0 Å². The third-order valence-electron chi connectivity index (χ3n) is 12.5. The molecule has 5 N–H and O–H groups in total. The lowest BCUT2D eigenvalue weighted by molar-refractivity contribution is -0.148. The number of carboxylic acid groups (broad SMARTS) is 1. The first kappa shape index (κ1) is 51.8. The van der Waals surface area contributed by atoms with Gasteiger partial charge in [-0.2, -0.15) is 0 Å². The number of aliphatic hydroxyl groups excluding tert-OH is 1. The van der Waals surface area contributed by atoms with Gasteiger partial charge in [-0.1, -0.05) is 97.4 Å². The smallest absolute Gasteiger partial charge is 0.409 e. The molecular weight excluding hydrogens is 793 g/mol. The number of amides is 5. The molecule has 3 rings (SSSR count). The Morgan fingerprint density at radius 3 is 2.10 bits per heavy atom. The van der Waals surface area contributed by atoms with Crippen LogP contribution in [-0.4, -0.2) is 132 Å². The summed E-state index contributed by atoms with van der Waals surface area (Å²) in [6.45, 7) is 16.1. The molecule has 1 aliphatic heterocycles. The summed E-state index contributed by atoms with van der Waals surface area (Å²) in [6, 6.07) is 13.2. The molecule has 0 saturated carbocycles. The Labute approximate surface area is 369 Å². The molecule has 10 atom stereocenters. The van der Waals surface area contributed by atoms with Gasteiger partial charge in [0.25, 0.3) is 0 Å². The van der Waals surface area contributed by atoms with E-state index in [0.717, 1.165) is 12.0 Å². The molecule has 1 heterocycles. The zero-order valence-corrected chi connectivity index (χ0v) is 39.0. The number of rotatable bonds is 23. The van der Waals surface area contributed by atoms with Crippen LogP contribution in [0.3, 0.4) is 0 Å². The maximum absolute atomic E-state index is 14.6. The average molecular weight is 867 g/mol. The fourth-order valence-electron chi connectivity index (χ4n) is 8.92. The summed E-state index contributed by atoms with van der Waals surface area (Å²) in [5, 5.41) is 28.4. The average Bonchev–Trinajstić information content (AvgIpc) is 3.71. The van der Waals surface area contributed by atoms with Gasteiger partial charge in [0.2, 0.25) is 23.6 Å². The molecule has 1 aliphatic rings. The molecule has 62 heavy (non-hydrogen) atoms. The second-order valence-corrected chi connectivity index (χ2v) is 17.7. The maximum Gasteiger partial charge on any atom is 0.409 e. The minimum atomic E-state index is -1.17. The fourth-order valence-corrected chi connectivity index (χ4v) is 8.92. The number of hydrogen-bond acceptors (Lipinski definition) is 9. The molecule has 2 aromatic rings. The first-order valence-corrected chi connectivity index (χ1v) is 22.0. The Morgan fingerprint density at radius 1 is 0.871 bits per heavy atom. The van der Waals surface area contributed by atoms with Crippen LogP contribution >= 0.6 is 0 Å². The molecule has 2 aromatic carbocycles. The minimum absolute atomic E-state index is 0.0148. The van der Waals surface area contributed by atoms with E-state index in [-0.39, 0.29) is 53.8 Å². The van der Waals surface area contributed by atoms with Crippen molar-refractivity contribution in [2.45, 2.75) is 136 Å². The van der Waals surface area contributed by atoms with Crippen LogP contribution in [0.4, 0.5) is 10.5 Å². The summed E-state index contributed by atoms with van der Waals surface area (Å²) < 4.78 is 12.0. The summed E-state index contributed by atoms with van der Waals surface area (Å²) in [5.41, 5.74) is 1.93. The quantitative estimate of drug-likeness (QED) is 0.0950. The Morgan fingerprint density at radius 2 is 1.53 bits per heavy atom. The summed E-state index contributed by atoms with van der Waals surface area (Å²) in [5.74, 6) is -2.17. The number of likely N-dealkylation sites (tertiary alicyclic amines) is 1. The van der Waals surface area contributed by atoms with E-state index in [0.29, 0.717) is 37.2 Å². The maximum atomic E-state index is 14.6. The summed E-state index contributed by atoms with van der Waals surface area (Å²) >= 11 is 0. The number of anilines is 1. The Kier molecular flexibility index (Phi) is 20.3. The molecule has 15 nitrogen and oxygen atoms in total. The van der Waals surface area contributed by atoms with E-state index >= 15 is 0 Å². The number of likely N-dealkylation sites (N-methyl/N-ethyl adjacent to an activating group) is 2. The van der Waals surface area contributed by atoms with Crippen molar-refractivity contribution in [1.82, 2.24) is 25.3 Å². The number of carbonyl (C=O) groups excluding carboxylic acids is 4. The van der Waals surface area contributed by atoms with E-state index in [4.69, 9.17) is 14.6 Å². The van der Waals surface area contributed by atoms with Gasteiger partial charge in [-0.15, -0.1) is 0 Å². The number of methoxy groups -OCH3 is 2. The number of hydrogen-bond donors (Lipinski definition) is 5. The molecule has 0 spiro atoms. The molecule has 0 radical (unpaired) electrons. The third kappa shape index (κ3) is 13.7. The van der Waals surface area contributed by atoms with Crippen molar-refractivity contribution in [1.29, 1.82) is 0 Å². The predicted molar refractivity (Wildman–Crippen MR) is 240 cm³/mol. The van der Waals surface area contributed by atoms with E-state index in [2.05, 4.69) is 16.0 Å². The highest BCUT2D eigenvalue weighted by Gasteiger charge is 2.43. The lowest BCUT2D eigenvalue weighted by Gasteiger charge is -2.41. The summed E-state index contributed by atoms with van der Waals surface area (Å²) in [7, 11) is 6.62. The van der Waals surface area contributed by atoms with Crippen LogP contribution in [0.2, 0.25) is 0 Å². The molecule has 0 unspecified atom stereocenters. The van der Waals surface area contributed by atoms with Crippen molar-refractivity contribution in [3.63, 3.8) is 0 Å². The van der Waals surface area contributed by atoms with E-state index in [1.807, 2.05) is 89.9 Å². The zero-order valence-electron chi connectivity index (χ0n) is 39.0. The molecule has 0 aliphatic carbocycles. The van der Waals surface area contributed by atoms with E-state index in [9.17, 15) is 29.1 Å². The van der Waals surface area contributed by atoms with Gasteiger partial charge in [-0.3, -0.25) is 29.4 Å². The van der Waals surface area contributed by atoms with Crippen molar-refractivity contribution < 1.29 is 43.7 Å². The largest absolute Gasteiger partial charge is 0.465 e. The van der Waals surface area contributed by atoms with E-state index < -0.39 is 54.5 Å². The van der Waals surface area contributed by atoms with Crippen LogP contribution in [0, 0.1) is 23.7 Å². The standard InChI is InChI=1S/C47H74N6O9/c1-13-30(6)41(52(10)46(58)39(28(2)3)50-45(57)40(29(4)5)51(9)27-33-19-17-22-35(25-33)49-47(59)60)37(61-11)26-38(54)53-24-18-23-36(53)43(62-12)31(7)44(56)48-32(8)42(55)34-20-15-14-16-21-34/h14-17,19-22,25,28-32,36-37,39-43,49,55H,13,18,23-24,26-27H2,1-12H3,(H,48,56)(H,50,57)(H,59,60)/t30-,31+,32+,36-,37+,39-,40-,41-,42-,43+/m0/s1. The molecule has 0 bridgehead atoms. The molecule has 15 heteroatoms. The number of aliphatic hydroxyl groups is 1. The van der Waals surface area contributed by atoms with Crippen LogP contribution in [-0.2, 0) is 35.2 Å². The van der Waals surface area contributed by atoms with E-state index in [1.165, 1.54) is 0 Å². The van der Waals surface area contributed by atoms with Gasteiger partial charge in [0, 0.05) is 40.0 Å². The first-order valence-electron chi connectivity index (χ1n) is 22.0. The number of nitrogens with zero attached hydrogens (tertiary/aromatic N) is 3. The Balaban J connectivity index is 1.77.